The van der Waals surface area contributed by atoms with E-state index in [9.17, 15) is 0 Å². The molecule has 0 aromatic heterocycles. The van der Waals surface area contributed by atoms with Crippen LogP contribution in [0.15, 0.2) is 4.99 Å². The lowest BCUT2D eigenvalue weighted by Crippen LogP contribution is -2.36. The average Bonchev–Trinajstić information content (AvgIpc) is 1.99. The summed E-state index contributed by atoms with van der Waals surface area (Å²) in [4.78, 5) is 4.33. The monoisotopic (exact) mass is 170 g/mol. The Morgan fingerprint density at radius 1 is 1.42 bits per heavy atom. The summed E-state index contributed by atoms with van der Waals surface area (Å²) in [5.74, 6) is 1.33. The molecule has 0 amide bonds. The molecule has 0 heterocycles. The number of aliphatic imine (C=N–C) groups is 1. The smallest absolute Gasteiger partial charge is 0.0996 e. The van der Waals surface area contributed by atoms with Crippen LogP contribution in [0, 0.1) is 11.3 Å². The van der Waals surface area contributed by atoms with Crippen molar-refractivity contribution in [1.82, 2.24) is 0 Å². The molecule has 0 saturated heterocycles. The minimum atomic E-state index is 0.0369. The average molecular weight is 170 g/mol. The van der Waals surface area contributed by atoms with Gasteiger partial charge in [-0.2, -0.15) is 0 Å². The SMILES string of the molecule is CCCN=C(N)C(C)(C)C(C)C. The van der Waals surface area contributed by atoms with Crippen LogP contribution >= 0.6 is 0 Å². The molecule has 0 bridgehead atoms. The lowest BCUT2D eigenvalue weighted by Gasteiger charge is -2.28. The highest BCUT2D eigenvalue weighted by Gasteiger charge is 2.26. The zero-order valence-electron chi connectivity index (χ0n) is 9.02. The molecule has 0 aromatic carbocycles. The van der Waals surface area contributed by atoms with Crippen molar-refractivity contribution in [2.24, 2.45) is 22.1 Å². The van der Waals surface area contributed by atoms with Crippen LogP contribution in [0.3, 0.4) is 0 Å². The van der Waals surface area contributed by atoms with E-state index in [0.29, 0.717) is 5.92 Å². The van der Waals surface area contributed by atoms with Gasteiger partial charge in [0.05, 0.1) is 5.84 Å². The van der Waals surface area contributed by atoms with Gasteiger partial charge in [-0.1, -0.05) is 34.6 Å². The molecule has 0 radical (unpaired) electrons. The molecule has 0 unspecified atom stereocenters. The van der Waals surface area contributed by atoms with Gasteiger partial charge in [0.25, 0.3) is 0 Å². The second kappa shape index (κ2) is 4.48. The van der Waals surface area contributed by atoms with E-state index in [1.165, 1.54) is 0 Å². The summed E-state index contributed by atoms with van der Waals surface area (Å²) >= 11 is 0. The van der Waals surface area contributed by atoms with Crippen molar-refractivity contribution in [3.63, 3.8) is 0 Å². The first-order chi connectivity index (χ1) is 5.42. The number of nitrogens with zero attached hydrogens (tertiary/aromatic N) is 1. The molecular formula is C10H22N2. The fraction of sp³-hybridized carbons (Fsp3) is 0.900. The molecule has 2 N–H and O–H groups in total. The van der Waals surface area contributed by atoms with E-state index in [1.807, 2.05) is 0 Å². The van der Waals surface area contributed by atoms with Gasteiger partial charge in [-0.05, 0) is 12.3 Å². The predicted octanol–water partition coefficient (Wildman–Crippen LogP) is 2.44. The molecule has 0 spiro atoms. The number of rotatable bonds is 4. The van der Waals surface area contributed by atoms with Crippen LogP contribution in [0.2, 0.25) is 0 Å². The lowest BCUT2D eigenvalue weighted by atomic mass is 9.80. The van der Waals surface area contributed by atoms with Gasteiger partial charge in [0.15, 0.2) is 0 Å². The maximum atomic E-state index is 5.89. The van der Waals surface area contributed by atoms with E-state index >= 15 is 0 Å². The summed E-state index contributed by atoms with van der Waals surface area (Å²) in [5, 5.41) is 0. The third-order valence-electron chi connectivity index (χ3n) is 2.61. The molecule has 0 aliphatic carbocycles. The summed E-state index contributed by atoms with van der Waals surface area (Å²) in [6.45, 7) is 11.6. The Hall–Kier alpha value is -0.530. The maximum Gasteiger partial charge on any atom is 0.0996 e. The van der Waals surface area contributed by atoms with Crippen LogP contribution in [-0.4, -0.2) is 12.4 Å². The number of nitrogens with two attached hydrogens (primary N) is 1. The van der Waals surface area contributed by atoms with Crippen LogP contribution in [-0.2, 0) is 0 Å². The highest BCUT2D eigenvalue weighted by molar-refractivity contribution is 5.86. The van der Waals surface area contributed by atoms with Crippen molar-refractivity contribution in [3.05, 3.63) is 0 Å². The van der Waals surface area contributed by atoms with Crippen molar-refractivity contribution in [3.8, 4) is 0 Å². The molecule has 0 atom stereocenters. The molecule has 12 heavy (non-hydrogen) atoms. The van der Waals surface area contributed by atoms with E-state index in [4.69, 9.17) is 5.73 Å². The second-order valence-electron chi connectivity index (χ2n) is 4.14. The van der Waals surface area contributed by atoms with Gasteiger partial charge < -0.3 is 5.73 Å². The minimum absolute atomic E-state index is 0.0369. The van der Waals surface area contributed by atoms with Crippen molar-refractivity contribution in [1.29, 1.82) is 0 Å². The van der Waals surface area contributed by atoms with Gasteiger partial charge in [0, 0.05) is 12.0 Å². The van der Waals surface area contributed by atoms with Gasteiger partial charge in [-0.15, -0.1) is 0 Å². The minimum Gasteiger partial charge on any atom is -0.387 e. The molecule has 72 valence electrons. The number of hydrogen-bond donors (Lipinski definition) is 1. The van der Waals surface area contributed by atoms with Gasteiger partial charge in [-0.3, -0.25) is 4.99 Å². The molecule has 2 nitrogen and oxygen atoms in total. The molecule has 0 saturated carbocycles. The highest BCUT2D eigenvalue weighted by atomic mass is 14.9. The third kappa shape index (κ3) is 2.84. The Morgan fingerprint density at radius 2 is 1.92 bits per heavy atom. The molecule has 0 aliphatic heterocycles. The zero-order chi connectivity index (χ0) is 9.78. The maximum absolute atomic E-state index is 5.89. The Bertz CT molecular complexity index is 157. The van der Waals surface area contributed by atoms with E-state index in [2.05, 4.69) is 39.6 Å². The van der Waals surface area contributed by atoms with Crippen molar-refractivity contribution >= 4 is 5.84 Å². The Morgan fingerprint density at radius 3 is 2.25 bits per heavy atom. The summed E-state index contributed by atoms with van der Waals surface area (Å²) in [5.41, 5.74) is 5.93. The molecule has 0 rings (SSSR count). The van der Waals surface area contributed by atoms with Gasteiger partial charge >= 0.3 is 0 Å². The Kier molecular flexibility index (Phi) is 4.29. The highest BCUT2D eigenvalue weighted by Crippen LogP contribution is 2.25. The first-order valence-electron chi connectivity index (χ1n) is 4.73. The van der Waals surface area contributed by atoms with E-state index in [1.54, 1.807) is 0 Å². The first-order valence-corrected chi connectivity index (χ1v) is 4.73. The van der Waals surface area contributed by atoms with Gasteiger partial charge in [-0.25, -0.2) is 0 Å². The summed E-state index contributed by atoms with van der Waals surface area (Å²) < 4.78 is 0. The third-order valence-corrected chi connectivity index (χ3v) is 2.61. The van der Waals surface area contributed by atoms with Crippen LogP contribution < -0.4 is 5.73 Å². The largest absolute Gasteiger partial charge is 0.387 e. The fourth-order valence-corrected chi connectivity index (χ4v) is 0.732. The van der Waals surface area contributed by atoms with Crippen molar-refractivity contribution in [2.45, 2.75) is 41.0 Å². The number of hydrogen-bond acceptors (Lipinski definition) is 1. The second-order valence-corrected chi connectivity index (χ2v) is 4.14. The van der Waals surface area contributed by atoms with Gasteiger partial charge in [0.1, 0.15) is 0 Å². The van der Waals surface area contributed by atoms with Crippen molar-refractivity contribution < 1.29 is 0 Å². The summed E-state index contributed by atoms with van der Waals surface area (Å²) in [6.07, 6.45) is 1.06. The van der Waals surface area contributed by atoms with E-state index < -0.39 is 0 Å². The summed E-state index contributed by atoms with van der Waals surface area (Å²) in [7, 11) is 0. The molecular weight excluding hydrogens is 148 g/mol. The predicted molar refractivity (Wildman–Crippen MR) is 55.4 cm³/mol. The molecule has 0 aliphatic rings. The quantitative estimate of drug-likeness (QED) is 0.511. The topological polar surface area (TPSA) is 38.4 Å². The normalized spacial score (nSPS) is 14.0. The number of amidine groups is 1. The molecule has 0 aromatic rings. The van der Waals surface area contributed by atoms with E-state index in [-0.39, 0.29) is 5.41 Å². The van der Waals surface area contributed by atoms with Gasteiger partial charge in [0.2, 0.25) is 0 Å². The Labute approximate surface area is 76.3 Å². The zero-order valence-corrected chi connectivity index (χ0v) is 9.02. The molecule has 0 fully saturated rings. The van der Waals surface area contributed by atoms with Crippen LogP contribution in [0.1, 0.15) is 41.0 Å². The lowest BCUT2D eigenvalue weighted by molar-refractivity contribution is 0.361. The van der Waals surface area contributed by atoms with E-state index in [0.717, 1.165) is 18.8 Å². The fourth-order valence-electron chi connectivity index (χ4n) is 0.732. The first kappa shape index (κ1) is 11.5. The van der Waals surface area contributed by atoms with Crippen LogP contribution in [0.5, 0.6) is 0 Å². The van der Waals surface area contributed by atoms with Crippen molar-refractivity contribution in [2.75, 3.05) is 6.54 Å². The standard InChI is InChI=1S/C10H22N2/c1-6-7-12-9(11)10(4,5)8(2)3/h8H,6-7H2,1-5H3,(H2,11,12). The Balaban J connectivity index is 4.33. The molecule has 2 heteroatoms. The van der Waals surface area contributed by atoms with Crippen LogP contribution in [0.25, 0.3) is 0 Å². The van der Waals surface area contributed by atoms with Crippen LogP contribution in [0.4, 0.5) is 0 Å². The summed E-state index contributed by atoms with van der Waals surface area (Å²) in [6, 6.07) is 0.